The summed E-state index contributed by atoms with van der Waals surface area (Å²) in [6.45, 7) is 0. The van der Waals surface area contributed by atoms with Gasteiger partial charge in [0.05, 0.1) is 22.7 Å². The van der Waals surface area contributed by atoms with E-state index in [1.54, 1.807) is 24.3 Å². The predicted octanol–water partition coefficient (Wildman–Crippen LogP) is 3.99. The molecular formula is C17H11Cl2NO4. The number of hydrogen-bond acceptors (Lipinski definition) is 4. The van der Waals surface area contributed by atoms with Crippen molar-refractivity contribution in [3.8, 4) is 16.9 Å². The highest BCUT2D eigenvalue weighted by atomic mass is 35.5. The number of esters is 1. The van der Waals surface area contributed by atoms with Gasteiger partial charge in [0.1, 0.15) is 11.4 Å². The van der Waals surface area contributed by atoms with Crippen LogP contribution in [0, 0.1) is 0 Å². The van der Waals surface area contributed by atoms with Crippen LogP contribution in [0.2, 0.25) is 10.0 Å². The first-order valence-electron chi connectivity index (χ1n) is 6.84. The Kier molecular flexibility index (Phi) is 4.22. The van der Waals surface area contributed by atoms with E-state index in [2.05, 4.69) is 9.72 Å². The number of halogens is 2. The maximum absolute atomic E-state index is 12.3. The predicted molar refractivity (Wildman–Crippen MR) is 93.0 cm³/mol. The van der Waals surface area contributed by atoms with Gasteiger partial charge in [-0.05, 0) is 35.4 Å². The molecule has 0 radical (unpaired) electrons. The molecule has 2 aromatic carbocycles. The van der Waals surface area contributed by atoms with Crippen LogP contribution < -0.4 is 5.43 Å². The molecule has 0 saturated carbocycles. The Morgan fingerprint density at radius 2 is 1.83 bits per heavy atom. The van der Waals surface area contributed by atoms with Crippen LogP contribution in [0.3, 0.4) is 0 Å². The SMILES string of the molecule is COC(=O)c1cc(=O)c2cc(-c3ccc(Cl)c(Cl)c3)cc(O)c2[nH]1. The molecule has 0 aliphatic rings. The van der Waals surface area contributed by atoms with Gasteiger partial charge >= 0.3 is 5.97 Å². The van der Waals surface area contributed by atoms with Crippen LogP contribution in [-0.4, -0.2) is 23.2 Å². The zero-order chi connectivity index (χ0) is 17.4. The normalized spacial score (nSPS) is 10.8. The largest absolute Gasteiger partial charge is 0.506 e. The van der Waals surface area contributed by atoms with Crippen LogP contribution in [0.15, 0.2) is 41.2 Å². The second-order valence-corrected chi connectivity index (χ2v) is 5.90. The minimum absolute atomic E-state index is 0.0346. The number of phenols is 1. The summed E-state index contributed by atoms with van der Waals surface area (Å²) in [5.74, 6) is -0.863. The fourth-order valence-electron chi connectivity index (χ4n) is 2.39. The first-order valence-corrected chi connectivity index (χ1v) is 7.60. The number of aromatic hydroxyl groups is 1. The third-order valence-corrected chi connectivity index (χ3v) is 4.32. The van der Waals surface area contributed by atoms with E-state index in [4.69, 9.17) is 23.2 Å². The highest BCUT2D eigenvalue weighted by molar-refractivity contribution is 6.42. The average Bonchev–Trinajstić information content (AvgIpc) is 2.57. The number of aromatic amines is 1. The summed E-state index contributed by atoms with van der Waals surface area (Å²) in [5.41, 5.74) is 0.994. The van der Waals surface area contributed by atoms with E-state index in [0.29, 0.717) is 21.2 Å². The average molecular weight is 364 g/mol. The van der Waals surface area contributed by atoms with E-state index < -0.39 is 11.4 Å². The molecule has 7 heteroatoms. The van der Waals surface area contributed by atoms with Crippen molar-refractivity contribution >= 4 is 40.1 Å². The molecule has 122 valence electrons. The smallest absolute Gasteiger partial charge is 0.354 e. The molecule has 0 saturated heterocycles. The molecule has 3 aromatic rings. The molecule has 0 aliphatic heterocycles. The number of carbonyl (C=O) groups is 1. The maximum Gasteiger partial charge on any atom is 0.354 e. The Morgan fingerprint density at radius 3 is 2.50 bits per heavy atom. The van der Waals surface area contributed by atoms with Gasteiger partial charge in [0.15, 0.2) is 5.43 Å². The minimum atomic E-state index is -0.693. The first kappa shape index (κ1) is 16.4. The molecule has 0 atom stereocenters. The molecule has 0 amide bonds. The van der Waals surface area contributed by atoms with E-state index in [1.165, 1.54) is 13.2 Å². The van der Waals surface area contributed by atoms with Crippen molar-refractivity contribution in [1.29, 1.82) is 0 Å². The molecule has 0 unspecified atom stereocenters. The number of fused-ring (bicyclic) bond motifs is 1. The van der Waals surface area contributed by atoms with Crippen molar-refractivity contribution in [2.75, 3.05) is 7.11 Å². The van der Waals surface area contributed by atoms with Crippen molar-refractivity contribution in [3.63, 3.8) is 0 Å². The Morgan fingerprint density at radius 1 is 1.08 bits per heavy atom. The standard InChI is InChI=1S/C17H11Cl2NO4/c1-24-17(23)13-7-14(21)10-4-9(6-15(22)16(10)20-13)8-2-3-11(18)12(19)5-8/h2-7,22H,1H3,(H,20,21). The Labute approximate surface area is 146 Å². The quantitative estimate of drug-likeness (QED) is 0.674. The van der Waals surface area contributed by atoms with Crippen molar-refractivity contribution in [1.82, 2.24) is 4.98 Å². The summed E-state index contributed by atoms with van der Waals surface area (Å²) >= 11 is 11.9. The molecule has 0 bridgehead atoms. The van der Waals surface area contributed by atoms with Gasteiger partial charge in [0, 0.05) is 11.5 Å². The molecule has 24 heavy (non-hydrogen) atoms. The lowest BCUT2D eigenvalue weighted by molar-refractivity contribution is 0.0594. The fraction of sp³-hybridized carbons (Fsp3) is 0.0588. The molecule has 2 N–H and O–H groups in total. The number of benzene rings is 2. The number of ether oxygens (including phenoxy) is 1. The third kappa shape index (κ3) is 2.84. The number of hydrogen-bond donors (Lipinski definition) is 2. The van der Waals surface area contributed by atoms with Gasteiger partial charge < -0.3 is 14.8 Å². The summed E-state index contributed by atoms with van der Waals surface area (Å²) in [5, 5.41) is 11.3. The van der Waals surface area contributed by atoms with Crippen LogP contribution in [0.5, 0.6) is 5.75 Å². The van der Waals surface area contributed by atoms with Gasteiger partial charge in [0.25, 0.3) is 0 Å². The number of methoxy groups -OCH3 is 1. The molecule has 0 aliphatic carbocycles. The van der Waals surface area contributed by atoms with Gasteiger partial charge in [-0.25, -0.2) is 4.79 Å². The van der Waals surface area contributed by atoms with Crippen LogP contribution in [0.1, 0.15) is 10.5 Å². The Hall–Kier alpha value is -2.50. The fourth-order valence-corrected chi connectivity index (χ4v) is 2.69. The molecule has 1 heterocycles. The number of carbonyl (C=O) groups excluding carboxylic acids is 1. The highest BCUT2D eigenvalue weighted by Gasteiger charge is 2.14. The lowest BCUT2D eigenvalue weighted by Gasteiger charge is -2.09. The van der Waals surface area contributed by atoms with Crippen LogP contribution in [-0.2, 0) is 4.74 Å². The van der Waals surface area contributed by atoms with Crippen LogP contribution >= 0.6 is 23.2 Å². The molecule has 5 nitrogen and oxygen atoms in total. The Balaban J connectivity index is 2.24. The lowest BCUT2D eigenvalue weighted by Crippen LogP contribution is -2.11. The number of phenolic OH excluding ortho intramolecular Hbond substituents is 1. The third-order valence-electron chi connectivity index (χ3n) is 3.58. The van der Waals surface area contributed by atoms with E-state index in [1.807, 2.05) is 0 Å². The van der Waals surface area contributed by atoms with E-state index in [9.17, 15) is 14.7 Å². The van der Waals surface area contributed by atoms with Gasteiger partial charge in [-0.3, -0.25) is 4.79 Å². The second-order valence-electron chi connectivity index (χ2n) is 5.09. The first-order chi connectivity index (χ1) is 11.4. The van der Waals surface area contributed by atoms with Crippen LogP contribution in [0.25, 0.3) is 22.0 Å². The summed E-state index contributed by atoms with van der Waals surface area (Å²) < 4.78 is 4.58. The summed E-state index contributed by atoms with van der Waals surface area (Å²) in [7, 11) is 1.21. The molecule has 1 aromatic heterocycles. The topological polar surface area (TPSA) is 79.4 Å². The van der Waals surface area contributed by atoms with E-state index >= 15 is 0 Å². The zero-order valence-corrected chi connectivity index (χ0v) is 13.9. The molecule has 0 fully saturated rings. The number of rotatable bonds is 2. The Bertz CT molecular complexity index is 1030. The van der Waals surface area contributed by atoms with Crippen molar-refractivity contribution in [2.24, 2.45) is 0 Å². The van der Waals surface area contributed by atoms with Crippen molar-refractivity contribution < 1.29 is 14.6 Å². The second kappa shape index (κ2) is 6.19. The number of pyridine rings is 1. The number of aromatic nitrogens is 1. The van der Waals surface area contributed by atoms with E-state index in [0.717, 1.165) is 6.07 Å². The molecule has 0 spiro atoms. The molecule has 3 rings (SSSR count). The van der Waals surface area contributed by atoms with Crippen molar-refractivity contribution in [3.05, 3.63) is 62.4 Å². The van der Waals surface area contributed by atoms with Crippen LogP contribution in [0.4, 0.5) is 0 Å². The van der Waals surface area contributed by atoms with Gasteiger partial charge in [-0.15, -0.1) is 0 Å². The van der Waals surface area contributed by atoms with Gasteiger partial charge in [-0.2, -0.15) is 0 Å². The number of H-pyrrole nitrogens is 1. The van der Waals surface area contributed by atoms with Gasteiger partial charge in [-0.1, -0.05) is 29.3 Å². The summed E-state index contributed by atoms with van der Waals surface area (Å²) in [6.07, 6.45) is 0. The summed E-state index contributed by atoms with van der Waals surface area (Å²) in [6, 6.07) is 9.21. The number of nitrogens with one attached hydrogen (secondary N) is 1. The maximum atomic E-state index is 12.3. The monoisotopic (exact) mass is 363 g/mol. The zero-order valence-electron chi connectivity index (χ0n) is 12.4. The minimum Gasteiger partial charge on any atom is -0.506 e. The van der Waals surface area contributed by atoms with Crippen molar-refractivity contribution in [2.45, 2.75) is 0 Å². The summed E-state index contributed by atoms with van der Waals surface area (Å²) in [4.78, 5) is 26.6. The lowest BCUT2D eigenvalue weighted by atomic mass is 10.0. The highest BCUT2D eigenvalue weighted by Crippen LogP contribution is 2.33. The molecular weight excluding hydrogens is 353 g/mol. The van der Waals surface area contributed by atoms with Gasteiger partial charge in [0.2, 0.25) is 0 Å². The van der Waals surface area contributed by atoms with E-state index in [-0.39, 0.29) is 22.3 Å².